The summed E-state index contributed by atoms with van der Waals surface area (Å²) in [6.45, 7) is 2.45. The van der Waals surface area contributed by atoms with Gasteiger partial charge >= 0.3 is 0 Å². The summed E-state index contributed by atoms with van der Waals surface area (Å²) in [6.07, 6.45) is 0.965. The highest BCUT2D eigenvalue weighted by Gasteiger charge is 2.06. The highest BCUT2D eigenvalue weighted by molar-refractivity contribution is 5.46. The molecule has 0 aliphatic carbocycles. The number of nitrogens with zero attached hydrogens (tertiary/aromatic N) is 1. The van der Waals surface area contributed by atoms with Crippen LogP contribution in [0, 0.1) is 0 Å². The topological polar surface area (TPSA) is 49.5 Å². The largest absolute Gasteiger partial charge is 0.508 e. The number of phenols is 1. The lowest BCUT2D eigenvalue weighted by atomic mass is 10.2. The summed E-state index contributed by atoms with van der Waals surface area (Å²) in [5.41, 5.74) is 7.99. The second-order valence-electron chi connectivity index (χ2n) is 4.57. The second kappa shape index (κ2) is 6.81. The quantitative estimate of drug-likeness (QED) is 0.835. The van der Waals surface area contributed by atoms with Gasteiger partial charge in [-0.05, 0) is 42.8 Å². The van der Waals surface area contributed by atoms with E-state index in [1.165, 1.54) is 11.3 Å². The molecular weight excluding hydrogens is 236 g/mol. The maximum atomic E-state index is 9.32. The van der Waals surface area contributed by atoms with Crippen LogP contribution in [0.5, 0.6) is 5.75 Å². The van der Waals surface area contributed by atoms with Gasteiger partial charge in [0, 0.05) is 18.8 Å². The van der Waals surface area contributed by atoms with Crippen molar-refractivity contribution in [3.8, 4) is 5.75 Å². The summed E-state index contributed by atoms with van der Waals surface area (Å²) in [6, 6.07) is 17.7. The highest BCUT2D eigenvalue weighted by Crippen LogP contribution is 2.18. The van der Waals surface area contributed by atoms with Crippen molar-refractivity contribution in [3.63, 3.8) is 0 Å². The smallest absolute Gasteiger partial charge is 0.115 e. The van der Waals surface area contributed by atoms with Gasteiger partial charge < -0.3 is 15.7 Å². The van der Waals surface area contributed by atoms with Crippen LogP contribution >= 0.6 is 0 Å². The highest BCUT2D eigenvalue weighted by atomic mass is 16.3. The van der Waals surface area contributed by atoms with Crippen LogP contribution in [0.1, 0.15) is 12.0 Å². The minimum Gasteiger partial charge on any atom is -0.508 e. The third kappa shape index (κ3) is 4.00. The molecule has 0 saturated heterocycles. The number of nitrogens with two attached hydrogens (primary N) is 1. The Morgan fingerprint density at radius 3 is 2.26 bits per heavy atom. The van der Waals surface area contributed by atoms with Crippen molar-refractivity contribution < 1.29 is 5.11 Å². The molecule has 2 aromatic carbocycles. The fourth-order valence-electron chi connectivity index (χ4n) is 2.04. The van der Waals surface area contributed by atoms with Crippen LogP contribution in [0.2, 0.25) is 0 Å². The summed E-state index contributed by atoms with van der Waals surface area (Å²) in [7, 11) is 0. The van der Waals surface area contributed by atoms with E-state index in [1.807, 2.05) is 30.3 Å². The van der Waals surface area contributed by atoms with Gasteiger partial charge in [-0.25, -0.2) is 0 Å². The zero-order valence-electron chi connectivity index (χ0n) is 11.0. The molecule has 3 nitrogen and oxygen atoms in total. The molecule has 3 N–H and O–H groups in total. The monoisotopic (exact) mass is 256 g/mol. The molecule has 0 radical (unpaired) electrons. The fourth-order valence-corrected chi connectivity index (χ4v) is 2.04. The number of aromatic hydroxyl groups is 1. The molecule has 2 rings (SSSR count). The standard InChI is InChI=1S/C16H20N2O/c17-11-4-12-18(15-5-2-1-3-6-15)13-14-7-9-16(19)10-8-14/h1-3,5-10,19H,4,11-13,17H2. The number of phenolic OH excluding ortho intramolecular Hbond substituents is 1. The van der Waals surface area contributed by atoms with E-state index in [0.29, 0.717) is 12.3 Å². The molecule has 100 valence electrons. The van der Waals surface area contributed by atoms with Crippen LogP contribution in [0.25, 0.3) is 0 Å². The van der Waals surface area contributed by atoms with Gasteiger partial charge in [0.25, 0.3) is 0 Å². The van der Waals surface area contributed by atoms with E-state index in [4.69, 9.17) is 5.73 Å². The summed E-state index contributed by atoms with van der Waals surface area (Å²) in [5.74, 6) is 0.303. The van der Waals surface area contributed by atoms with Crippen molar-refractivity contribution >= 4 is 5.69 Å². The molecule has 0 saturated carbocycles. The maximum absolute atomic E-state index is 9.32. The molecule has 0 unspecified atom stereocenters. The lowest BCUT2D eigenvalue weighted by Gasteiger charge is -2.25. The maximum Gasteiger partial charge on any atom is 0.115 e. The Hall–Kier alpha value is -2.00. The van der Waals surface area contributed by atoms with E-state index in [0.717, 1.165) is 19.5 Å². The van der Waals surface area contributed by atoms with Gasteiger partial charge in [0.05, 0.1) is 0 Å². The van der Waals surface area contributed by atoms with Crippen LogP contribution in [0.3, 0.4) is 0 Å². The summed E-state index contributed by atoms with van der Waals surface area (Å²) >= 11 is 0. The van der Waals surface area contributed by atoms with Crippen LogP contribution < -0.4 is 10.6 Å². The average Bonchev–Trinajstić information content (AvgIpc) is 2.46. The molecule has 0 aliphatic heterocycles. The SMILES string of the molecule is NCCCN(Cc1ccc(O)cc1)c1ccccc1. The van der Waals surface area contributed by atoms with E-state index in [9.17, 15) is 5.11 Å². The zero-order valence-corrected chi connectivity index (χ0v) is 11.0. The first-order valence-corrected chi connectivity index (χ1v) is 6.57. The molecule has 0 bridgehead atoms. The minimum absolute atomic E-state index is 0.303. The Morgan fingerprint density at radius 2 is 1.63 bits per heavy atom. The molecule has 3 heteroatoms. The first-order valence-electron chi connectivity index (χ1n) is 6.57. The summed E-state index contributed by atoms with van der Waals surface area (Å²) in [5, 5.41) is 9.32. The Kier molecular flexibility index (Phi) is 4.81. The second-order valence-corrected chi connectivity index (χ2v) is 4.57. The molecule has 0 amide bonds. The number of para-hydroxylation sites is 1. The molecule has 0 fully saturated rings. The van der Waals surface area contributed by atoms with Crippen molar-refractivity contribution in [1.82, 2.24) is 0 Å². The Labute approximate surface area is 114 Å². The first kappa shape index (κ1) is 13.4. The van der Waals surface area contributed by atoms with Gasteiger partial charge in [0.2, 0.25) is 0 Å². The number of rotatable bonds is 6. The molecule has 2 aromatic rings. The molecule has 0 aromatic heterocycles. The van der Waals surface area contributed by atoms with Gasteiger partial charge in [-0.1, -0.05) is 30.3 Å². The molecule has 0 atom stereocenters. The van der Waals surface area contributed by atoms with Gasteiger partial charge in [-0.15, -0.1) is 0 Å². The van der Waals surface area contributed by atoms with Crippen molar-refractivity contribution in [2.45, 2.75) is 13.0 Å². The zero-order chi connectivity index (χ0) is 13.5. The number of hydrogen-bond acceptors (Lipinski definition) is 3. The Balaban J connectivity index is 2.11. The Morgan fingerprint density at radius 1 is 0.947 bits per heavy atom. The van der Waals surface area contributed by atoms with Crippen molar-refractivity contribution in [2.75, 3.05) is 18.0 Å². The Bertz CT molecular complexity index is 482. The molecule has 0 spiro atoms. The normalized spacial score (nSPS) is 10.4. The van der Waals surface area contributed by atoms with Gasteiger partial charge in [-0.2, -0.15) is 0 Å². The number of hydrogen-bond donors (Lipinski definition) is 2. The van der Waals surface area contributed by atoms with Crippen molar-refractivity contribution in [3.05, 3.63) is 60.2 Å². The van der Waals surface area contributed by atoms with E-state index < -0.39 is 0 Å². The third-order valence-corrected chi connectivity index (χ3v) is 3.06. The summed E-state index contributed by atoms with van der Waals surface area (Å²) < 4.78 is 0. The third-order valence-electron chi connectivity index (χ3n) is 3.06. The van der Waals surface area contributed by atoms with Gasteiger partial charge in [-0.3, -0.25) is 0 Å². The summed E-state index contributed by atoms with van der Waals surface area (Å²) in [4.78, 5) is 2.30. The van der Waals surface area contributed by atoms with E-state index in [-0.39, 0.29) is 0 Å². The average molecular weight is 256 g/mol. The number of benzene rings is 2. The predicted octanol–water partition coefficient (Wildman–Crippen LogP) is 2.75. The van der Waals surface area contributed by atoms with Crippen molar-refractivity contribution in [1.29, 1.82) is 0 Å². The molecule has 19 heavy (non-hydrogen) atoms. The van der Waals surface area contributed by atoms with Gasteiger partial charge in [0.1, 0.15) is 5.75 Å². The number of anilines is 1. The van der Waals surface area contributed by atoms with Crippen LogP contribution in [0.4, 0.5) is 5.69 Å². The molecule has 0 aliphatic rings. The van der Waals surface area contributed by atoms with Crippen LogP contribution in [-0.2, 0) is 6.54 Å². The molecular formula is C16H20N2O. The minimum atomic E-state index is 0.303. The van der Waals surface area contributed by atoms with Crippen molar-refractivity contribution in [2.24, 2.45) is 5.73 Å². The van der Waals surface area contributed by atoms with Crippen LogP contribution in [0.15, 0.2) is 54.6 Å². The lowest BCUT2D eigenvalue weighted by molar-refractivity contribution is 0.475. The van der Waals surface area contributed by atoms with E-state index in [2.05, 4.69) is 17.0 Å². The lowest BCUT2D eigenvalue weighted by Crippen LogP contribution is -2.25. The van der Waals surface area contributed by atoms with E-state index in [1.54, 1.807) is 12.1 Å². The predicted molar refractivity (Wildman–Crippen MR) is 79.3 cm³/mol. The van der Waals surface area contributed by atoms with Crippen LogP contribution in [-0.4, -0.2) is 18.2 Å². The fraction of sp³-hybridized carbons (Fsp3) is 0.250. The van der Waals surface area contributed by atoms with Gasteiger partial charge in [0.15, 0.2) is 0 Å². The first-order chi connectivity index (χ1) is 9.29. The van der Waals surface area contributed by atoms with E-state index >= 15 is 0 Å². The molecule has 0 heterocycles.